The Morgan fingerprint density at radius 1 is 0.484 bits per heavy atom. The van der Waals surface area contributed by atoms with Gasteiger partial charge in [-0.1, -0.05) is 237 Å². The molecule has 0 rings (SSSR count). The van der Waals surface area contributed by atoms with Crippen molar-refractivity contribution in [2.75, 3.05) is 54.1 Å². The van der Waals surface area contributed by atoms with E-state index in [1.54, 1.807) is 0 Å². The number of quaternary nitrogens is 1. The Balaban J connectivity index is 4.05. The average Bonchev–Trinajstić information content (AvgIpc) is 3.25. The first-order valence-corrected chi connectivity index (χ1v) is 29.0. The predicted molar refractivity (Wildman–Crippen MR) is 273 cm³/mol. The molecule has 0 N–H and O–H groups in total. The maximum Gasteiger partial charge on any atom is 0.306 e. The van der Waals surface area contributed by atoms with E-state index in [4.69, 9.17) is 18.5 Å². The van der Waals surface area contributed by atoms with Gasteiger partial charge in [-0.3, -0.25) is 9.36 Å². The number of carbonyl (C=O) groups is 1. The number of hydrogen-bond donors (Lipinski definition) is 0. The molecule has 0 heterocycles. The molecule has 0 aromatic heterocycles. The maximum absolute atomic E-state index is 12.8. The predicted octanol–water partition coefficient (Wildman–Crippen LogP) is 16.5. The SMILES string of the molecule is CCCCCC/C=C\C/C=C\CCCCCCCCOCC(COP(=O)([O-])OCC[N+](C)(C)C)OC(=O)CCCCCCCCCCCCCCCCCCCCCCCCCCC. The van der Waals surface area contributed by atoms with Crippen molar-refractivity contribution in [3.05, 3.63) is 24.3 Å². The molecule has 0 spiro atoms. The van der Waals surface area contributed by atoms with Crippen LogP contribution >= 0.6 is 7.82 Å². The summed E-state index contributed by atoms with van der Waals surface area (Å²) < 4.78 is 34.8. The average molecular weight is 926 g/mol. The van der Waals surface area contributed by atoms with Crippen molar-refractivity contribution in [2.24, 2.45) is 0 Å². The first-order valence-electron chi connectivity index (χ1n) is 27.6. The molecule has 0 fully saturated rings. The van der Waals surface area contributed by atoms with Crippen molar-refractivity contribution < 1.29 is 37.3 Å². The van der Waals surface area contributed by atoms with Crippen molar-refractivity contribution in [3.8, 4) is 0 Å². The van der Waals surface area contributed by atoms with E-state index >= 15 is 0 Å². The molecule has 0 amide bonds. The van der Waals surface area contributed by atoms with Crippen LogP contribution in [0.2, 0.25) is 0 Å². The summed E-state index contributed by atoms with van der Waals surface area (Å²) in [5.74, 6) is -0.331. The minimum Gasteiger partial charge on any atom is -0.756 e. The van der Waals surface area contributed by atoms with Crippen LogP contribution in [0.25, 0.3) is 0 Å². The third kappa shape index (κ3) is 52.0. The highest BCUT2D eigenvalue weighted by atomic mass is 31.2. The highest BCUT2D eigenvalue weighted by Crippen LogP contribution is 2.38. The fourth-order valence-electron chi connectivity index (χ4n) is 7.99. The quantitative estimate of drug-likeness (QED) is 0.0197. The lowest BCUT2D eigenvalue weighted by atomic mass is 10.0. The van der Waals surface area contributed by atoms with E-state index in [1.807, 2.05) is 21.1 Å². The molecular weight excluding hydrogens is 818 g/mol. The van der Waals surface area contributed by atoms with Gasteiger partial charge >= 0.3 is 5.97 Å². The number of carbonyl (C=O) groups excluding carboxylic acids is 1. The lowest BCUT2D eigenvalue weighted by Gasteiger charge is -2.28. The second-order valence-electron chi connectivity index (χ2n) is 20.0. The molecule has 8 nitrogen and oxygen atoms in total. The molecular formula is C55H108NO7P. The second kappa shape index (κ2) is 48.4. The van der Waals surface area contributed by atoms with Crippen LogP contribution in [-0.2, 0) is 27.9 Å². The maximum atomic E-state index is 12.8. The molecule has 0 bridgehead atoms. The largest absolute Gasteiger partial charge is 0.756 e. The minimum absolute atomic E-state index is 0.0262. The number of rotatable bonds is 52. The Morgan fingerprint density at radius 2 is 0.859 bits per heavy atom. The van der Waals surface area contributed by atoms with Gasteiger partial charge in [-0.25, -0.2) is 0 Å². The number of hydrogen-bond acceptors (Lipinski definition) is 7. The molecule has 64 heavy (non-hydrogen) atoms. The van der Waals surface area contributed by atoms with Crippen molar-refractivity contribution in [2.45, 2.75) is 270 Å². The van der Waals surface area contributed by atoms with Crippen LogP contribution in [0, 0.1) is 0 Å². The molecule has 2 atom stereocenters. The first-order chi connectivity index (χ1) is 31.1. The summed E-state index contributed by atoms with van der Waals surface area (Å²) >= 11 is 0. The van der Waals surface area contributed by atoms with Gasteiger partial charge in [0.2, 0.25) is 0 Å². The van der Waals surface area contributed by atoms with Gasteiger partial charge in [0.15, 0.2) is 0 Å². The fourth-order valence-corrected chi connectivity index (χ4v) is 8.72. The monoisotopic (exact) mass is 926 g/mol. The van der Waals surface area contributed by atoms with E-state index in [9.17, 15) is 14.3 Å². The zero-order valence-electron chi connectivity index (χ0n) is 43.3. The van der Waals surface area contributed by atoms with Gasteiger partial charge in [-0.2, -0.15) is 0 Å². The molecule has 380 valence electrons. The molecule has 0 aliphatic carbocycles. The smallest absolute Gasteiger partial charge is 0.306 e. The molecule has 9 heteroatoms. The standard InChI is InChI=1S/C55H108NO7P/c1-6-8-10-12-14-16-18-20-22-24-25-26-27-28-29-30-31-32-34-36-38-40-42-44-46-48-55(57)63-54(53-62-64(58,59)61-51-49-56(3,4)5)52-60-50-47-45-43-41-39-37-35-33-23-21-19-17-15-13-11-9-7-2/h17,19,23,33,54H,6-16,18,20-22,24-32,34-53H2,1-5H3/b19-17-,33-23-. The summed E-state index contributed by atoms with van der Waals surface area (Å²) in [5.41, 5.74) is 0. The van der Waals surface area contributed by atoms with Gasteiger partial charge in [0, 0.05) is 13.0 Å². The van der Waals surface area contributed by atoms with Crippen LogP contribution in [0.1, 0.15) is 264 Å². The Kier molecular flexibility index (Phi) is 47.7. The van der Waals surface area contributed by atoms with E-state index in [2.05, 4.69) is 38.2 Å². The van der Waals surface area contributed by atoms with Gasteiger partial charge in [-0.05, 0) is 44.9 Å². The lowest BCUT2D eigenvalue weighted by molar-refractivity contribution is -0.870. The number of nitrogens with zero attached hydrogens (tertiary/aromatic N) is 1. The van der Waals surface area contributed by atoms with E-state index in [-0.39, 0.29) is 25.8 Å². The van der Waals surface area contributed by atoms with E-state index < -0.39 is 13.9 Å². The molecule has 2 unspecified atom stereocenters. The Morgan fingerprint density at radius 3 is 1.28 bits per heavy atom. The third-order valence-electron chi connectivity index (χ3n) is 12.3. The van der Waals surface area contributed by atoms with E-state index in [1.165, 1.54) is 199 Å². The van der Waals surface area contributed by atoms with Gasteiger partial charge in [-0.15, -0.1) is 0 Å². The number of esters is 1. The fraction of sp³-hybridized carbons (Fsp3) is 0.909. The molecule has 0 saturated heterocycles. The summed E-state index contributed by atoms with van der Waals surface area (Å²) in [6.45, 7) is 5.43. The second-order valence-corrected chi connectivity index (χ2v) is 21.4. The van der Waals surface area contributed by atoms with Crippen LogP contribution in [0.3, 0.4) is 0 Å². The first kappa shape index (κ1) is 63.0. The van der Waals surface area contributed by atoms with Gasteiger partial charge < -0.3 is 27.9 Å². The summed E-state index contributed by atoms with van der Waals surface area (Å²) in [5, 5.41) is 0. The Labute approximate surface area is 398 Å². The molecule has 0 aliphatic rings. The minimum atomic E-state index is -4.53. The number of likely N-dealkylation sites (N-methyl/N-ethyl adjacent to an activating group) is 1. The Bertz CT molecular complexity index is 1080. The molecule has 0 aromatic rings. The van der Waals surface area contributed by atoms with Crippen molar-refractivity contribution in [1.29, 1.82) is 0 Å². The van der Waals surface area contributed by atoms with Gasteiger partial charge in [0.25, 0.3) is 7.82 Å². The van der Waals surface area contributed by atoms with Crippen LogP contribution < -0.4 is 4.89 Å². The van der Waals surface area contributed by atoms with Gasteiger partial charge in [0.05, 0.1) is 34.4 Å². The lowest BCUT2D eigenvalue weighted by Crippen LogP contribution is -2.37. The number of phosphoric acid groups is 1. The van der Waals surface area contributed by atoms with Crippen molar-refractivity contribution >= 4 is 13.8 Å². The number of phosphoric ester groups is 1. The van der Waals surface area contributed by atoms with Crippen molar-refractivity contribution in [3.63, 3.8) is 0 Å². The van der Waals surface area contributed by atoms with Gasteiger partial charge in [0.1, 0.15) is 19.3 Å². The zero-order chi connectivity index (χ0) is 46.9. The van der Waals surface area contributed by atoms with Crippen molar-refractivity contribution in [1.82, 2.24) is 0 Å². The van der Waals surface area contributed by atoms with E-state index in [0.717, 1.165) is 44.9 Å². The molecule has 0 aromatic carbocycles. The number of unbranched alkanes of at least 4 members (excludes halogenated alkanes) is 34. The normalized spacial score (nSPS) is 13.7. The molecule has 0 aliphatic heterocycles. The molecule has 0 saturated carbocycles. The topological polar surface area (TPSA) is 94.1 Å². The highest BCUT2D eigenvalue weighted by Gasteiger charge is 2.20. The van der Waals surface area contributed by atoms with Crippen LogP contribution in [0.15, 0.2) is 24.3 Å². The molecule has 0 radical (unpaired) electrons. The summed E-state index contributed by atoms with van der Waals surface area (Å²) in [6, 6.07) is 0. The summed E-state index contributed by atoms with van der Waals surface area (Å²) in [7, 11) is 1.36. The van der Waals surface area contributed by atoms with Crippen LogP contribution in [-0.4, -0.2) is 70.7 Å². The van der Waals surface area contributed by atoms with Crippen LogP contribution in [0.4, 0.5) is 0 Å². The third-order valence-corrected chi connectivity index (χ3v) is 13.2. The van der Waals surface area contributed by atoms with Crippen LogP contribution in [0.5, 0.6) is 0 Å². The summed E-state index contributed by atoms with van der Waals surface area (Å²) in [6.07, 6.45) is 57.9. The number of ether oxygens (including phenoxy) is 2. The number of allylic oxidation sites excluding steroid dienone is 4. The van der Waals surface area contributed by atoms with E-state index in [0.29, 0.717) is 24.1 Å². The Hall–Kier alpha value is -1.02. The zero-order valence-corrected chi connectivity index (χ0v) is 44.1. The summed E-state index contributed by atoms with van der Waals surface area (Å²) in [4.78, 5) is 25.2. The highest BCUT2D eigenvalue weighted by molar-refractivity contribution is 7.45.